The van der Waals surface area contributed by atoms with Gasteiger partial charge in [0.1, 0.15) is 11.5 Å². The highest BCUT2D eigenvalue weighted by Gasteiger charge is 2.25. The van der Waals surface area contributed by atoms with Crippen molar-refractivity contribution in [3.8, 4) is 0 Å². The second-order valence-electron chi connectivity index (χ2n) is 5.15. The van der Waals surface area contributed by atoms with Gasteiger partial charge in [-0.3, -0.25) is 9.48 Å². The predicted molar refractivity (Wildman–Crippen MR) is 92.8 cm³/mol. The lowest BCUT2D eigenvalue weighted by molar-refractivity contribution is 0.0735. The summed E-state index contributed by atoms with van der Waals surface area (Å²) in [5.41, 5.74) is 0.617. The molecule has 0 aliphatic carbocycles. The van der Waals surface area contributed by atoms with Gasteiger partial charge in [0, 0.05) is 45.6 Å². The van der Waals surface area contributed by atoms with E-state index >= 15 is 0 Å². The molecule has 1 fully saturated rings. The number of rotatable bonds is 3. The lowest BCUT2D eigenvalue weighted by atomic mass is 10.2. The summed E-state index contributed by atoms with van der Waals surface area (Å²) in [5.74, 6) is 0.910. The van der Waals surface area contributed by atoms with Crippen LogP contribution in [0.15, 0.2) is 28.1 Å². The van der Waals surface area contributed by atoms with Gasteiger partial charge in [0.2, 0.25) is 0 Å². The highest BCUT2D eigenvalue weighted by Crippen LogP contribution is 2.26. The minimum Gasteiger partial charge on any atom is -0.352 e. The Kier molecular flexibility index (Phi) is 4.86. The van der Waals surface area contributed by atoms with E-state index in [1.807, 2.05) is 11.2 Å². The Hall–Kier alpha value is -1.61. The molecule has 0 spiro atoms. The largest absolute Gasteiger partial charge is 0.352 e. The van der Waals surface area contributed by atoms with E-state index in [2.05, 4.69) is 35.9 Å². The van der Waals surface area contributed by atoms with Crippen molar-refractivity contribution in [2.24, 2.45) is 7.05 Å². The summed E-state index contributed by atoms with van der Waals surface area (Å²) in [5, 5.41) is 4.81. The molecule has 1 saturated heterocycles. The van der Waals surface area contributed by atoms with Crippen LogP contribution in [0.1, 0.15) is 10.5 Å². The van der Waals surface area contributed by atoms with Crippen molar-refractivity contribution in [2.75, 3.05) is 37.3 Å². The highest BCUT2D eigenvalue weighted by atomic mass is 79.9. The van der Waals surface area contributed by atoms with Crippen LogP contribution in [0.5, 0.6) is 0 Å². The van der Waals surface area contributed by atoms with Gasteiger partial charge in [0.25, 0.3) is 5.91 Å². The van der Waals surface area contributed by atoms with Crippen molar-refractivity contribution >= 4 is 39.4 Å². The Morgan fingerprint density at radius 1 is 1.30 bits per heavy atom. The molecule has 0 N–H and O–H groups in total. The molecule has 0 unspecified atom stereocenters. The van der Waals surface area contributed by atoms with Crippen LogP contribution in [0.25, 0.3) is 0 Å². The van der Waals surface area contributed by atoms with Crippen LogP contribution in [0, 0.1) is 0 Å². The number of aryl methyl sites for hydroxylation is 1. The molecule has 0 atom stereocenters. The van der Waals surface area contributed by atoms with E-state index < -0.39 is 0 Å². The van der Waals surface area contributed by atoms with Crippen molar-refractivity contribution in [3.63, 3.8) is 0 Å². The second kappa shape index (κ2) is 6.88. The maximum absolute atomic E-state index is 12.5. The van der Waals surface area contributed by atoms with Crippen LogP contribution in [-0.4, -0.2) is 63.0 Å². The number of hydrogen-bond acceptors (Lipinski definition) is 6. The van der Waals surface area contributed by atoms with Gasteiger partial charge in [-0.15, -0.1) is 0 Å². The van der Waals surface area contributed by atoms with Gasteiger partial charge in [0.15, 0.2) is 5.16 Å². The molecule has 0 aromatic carbocycles. The Bertz CT molecular complexity index is 713. The maximum atomic E-state index is 12.5. The van der Waals surface area contributed by atoms with Crippen LogP contribution in [0.3, 0.4) is 0 Å². The first-order valence-corrected chi connectivity index (χ1v) is 9.20. The number of amides is 1. The molecule has 122 valence electrons. The van der Waals surface area contributed by atoms with E-state index in [0.717, 1.165) is 28.5 Å². The monoisotopic (exact) mass is 396 g/mol. The molecule has 23 heavy (non-hydrogen) atoms. The molecule has 7 nitrogen and oxygen atoms in total. The fourth-order valence-electron chi connectivity index (χ4n) is 2.53. The second-order valence-corrected chi connectivity index (χ2v) is 6.78. The smallest absolute Gasteiger partial charge is 0.272 e. The zero-order valence-corrected chi connectivity index (χ0v) is 15.3. The number of nitrogens with zero attached hydrogens (tertiary/aromatic N) is 6. The normalized spacial score (nSPS) is 15.1. The molecule has 2 aromatic rings. The Labute approximate surface area is 147 Å². The van der Waals surface area contributed by atoms with E-state index in [0.29, 0.717) is 18.8 Å². The average molecular weight is 397 g/mol. The molecule has 1 aliphatic heterocycles. The van der Waals surface area contributed by atoms with Crippen molar-refractivity contribution in [2.45, 2.75) is 5.16 Å². The third kappa shape index (κ3) is 3.35. The summed E-state index contributed by atoms with van der Waals surface area (Å²) in [6, 6.07) is 1.75. The van der Waals surface area contributed by atoms with Crippen molar-refractivity contribution in [1.29, 1.82) is 0 Å². The number of hydrogen-bond donors (Lipinski definition) is 0. The summed E-state index contributed by atoms with van der Waals surface area (Å²) in [7, 11) is 1.78. The quantitative estimate of drug-likeness (QED) is 0.580. The topological polar surface area (TPSA) is 67.2 Å². The Morgan fingerprint density at radius 2 is 2.04 bits per heavy atom. The molecular formula is C14H17BrN6OS. The fourth-order valence-corrected chi connectivity index (χ4v) is 3.31. The van der Waals surface area contributed by atoms with Crippen LogP contribution in [0.4, 0.5) is 5.82 Å². The van der Waals surface area contributed by atoms with Gasteiger partial charge in [-0.25, -0.2) is 9.97 Å². The minimum atomic E-state index is 0.0243. The van der Waals surface area contributed by atoms with Gasteiger partial charge < -0.3 is 9.80 Å². The van der Waals surface area contributed by atoms with Crippen molar-refractivity contribution < 1.29 is 4.79 Å². The summed E-state index contributed by atoms with van der Waals surface area (Å²) in [6.07, 6.45) is 5.38. The molecule has 0 saturated carbocycles. The van der Waals surface area contributed by atoms with E-state index in [1.165, 1.54) is 11.8 Å². The average Bonchev–Trinajstić information content (AvgIpc) is 3.01. The molecule has 0 radical (unpaired) electrons. The van der Waals surface area contributed by atoms with E-state index in [1.54, 1.807) is 30.2 Å². The zero-order valence-electron chi connectivity index (χ0n) is 12.9. The van der Waals surface area contributed by atoms with Crippen molar-refractivity contribution in [1.82, 2.24) is 24.6 Å². The lowest BCUT2D eigenvalue weighted by Crippen LogP contribution is -2.49. The highest BCUT2D eigenvalue weighted by molar-refractivity contribution is 9.10. The molecule has 3 rings (SSSR count). The van der Waals surface area contributed by atoms with Crippen LogP contribution in [-0.2, 0) is 7.05 Å². The number of carbonyl (C=O) groups excluding carboxylic acids is 1. The SMILES string of the molecule is CSc1ncc(Br)c(N2CCN(C(=O)c3ccnn3C)CC2)n1. The van der Waals surface area contributed by atoms with Gasteiger partial charge >= 0.3 is 0 Å². The van der Waals surface area contributed by atoms with E-state index in [4.69, 9.17) is 0 Å². The first-order valence-electron chi connectivity index (χ1n) is 7.19. The standard InChI is InChI=1S/C14H17BrN6OS/c1-19-11(3-4-17-19)13(22)21-7-5-20(6-8-21)12-10(15)9-16-14(18-12)23-2/h3-4,9H,5-8H2,1-2H3. The third-order valence-electron chi connectivity index (χ3n) is 3.79. The zero-order chi connectivity index (χ0) is 16.4. The number of aromatic nitrogens is 4. The predicted octanol–water partition coefficient (Wildman–Crippen LogP) is 1.66. The molecule has 2 aromatic heterocycles. The molecule has 0 bridgehead atoms. The first kappa shape index (κ1) is 16.3. The first-order chi connectivity index (χ1) is 11.1. The number of anilines is 1. The van der Waals surface area contributed by atoms with E-state index in [-0.39, 0.29) is 5.91 Å². The summed E-state index contributed by atoms with van der Waals surface area (Å²) in [6.45, 7) is 2.81. The minimum absolute atomic E-state index is 0.0243. The van der Waals surface area contributed by atoms with Crippen LogP contribution < -0.4 is 4.90 Å². The summed E-state index contributed by atoms with van der Waals surface area (Å²) >= 11 is 5.03. The van der Waals surface area contributed by atoms with Gasteiger partial charge in [0.05, 0.1) is 4.47 Å². The third-order valence-corrected chi connectivity index (χ3v) is 4.91. The van der Waals surface area contributed by atoms with E-state index in [9.17, 15) is 4.79 Å². The number of piperazine rings is 1. The molecule has 1 amide bonds. The summed E-state index contributed by atoms with van der Waals surface area (Å²) < 4.78 is 2.49. The van der Waals surface area contributed by atoms with Crippen LogP contribution >= 0.6 is 27.7 Å². The molecular weight excluding hydrogens is 380 g/mol. The summed E-state index contributed by atoms with van der Waals surface area (Å²) in [4.78, 5) is 25.3. The van der Waals surface area contributed by atoms with Gasteiger partial charge in [-0.05, 0) is 28.3 Å². The van der Waals surface area contributed by atoms with Crippen LogP contribution in [0.2, 0.25) is 0 Å². The molecule has 9 heteroatoms. The van der Waals surface area contributed by atoms with Gasteiger partial charge in [-0.2, -0.15) is 5.10 Å². The van der Waals surface area contributed by atoms with Gasteiger partial charge in [-0.1, -0.05) is 11.8 Å². The number of halogens is 1. The molecule has 1 aliphatic rings. The Balaban J connectivity index is 1.69. The number of thioether (sulfide) groups is 1. The Morgan fingerprint density at radius 3 is 2.65 bits per heavy atom. The molecule has 3 heterocycles. The number of carbonyl (C=O) groups is 1. The lowest BCUT2D eigenvalue weighted by Gasteiger charge is -2.35. The fraction of sp³-hybridized carbons (Fsp3) is 0.429. The maximum Gasteiger partial charge on any atom is 0.272 e. The van der Waals surface area contributed by atoms with Crippen molar-refractivity contribution in [3.05, 3.63) is 28.6 Å².